The highest BCUT2D eigenvalue weighted by atomic mass is 28.4. The van der Waals surface area contributed by atoms with Crippen molar-refractivity contribution >= 4 is 35.4 Å². The third kappa shape index (κ3) is 6.58. The molecule has 0 amide bonds. The van der Waals surface area contributed by atoms with E-state index in [1.165, 1.54) is 22.4 Å². The summed E-state index contributed by atoms with van der Waals surface area (Å²) in [5.41, 5.74) is 3.30. The monoisotopic (exact) mass is 658 g/mol. The molecule has 1 aliphatic heterocycles. The van der Waals surface area contributed by atoms with Crippen LogP contribution in [0.25, 0.3) is 10.9 Å². The Hall–Kier alpha value is -3.84. The number of hydrogen-bond donors (Lipinski definition) is 0. The van der Waals surface area contributed by atoms with Crippen molar-refractivity contribution in [3.05, 3.63) is 132 Å². The molecule has 1 aliphatic carbocycles. The molecule has 0 N–H and O–H groups in total. The molecule has 2 fully saturated rings. The van der Waals surface area contributed by atoms with Gasteiger partial charge < -0.3 is 14.1 Å². The Bertz CT molecular complexity index is 1750. The van der Waals surface area contributed by atoms with E-state index in [0.717, 1.165) is 48.2 Å². The molecule has 48 heavy (non-hydrogen) atoms. The Morgan fingerprint density at radius 2 is 1.42 bits per heavy atom. The van der Waals surface area contributed by atoms with Crippen molar-refractivity contribution in [1.82, 2.24) is 4.98 Å². The first-order valence-electron chi connectivity index (χ1n) is 17.5. The van der Waals surface area contributed by atoms with Crippen molar-refractivity contribution < 1.29 is 13.6 Å². The van der Waals surface area contributed by atoms with Gasteiger partial charge in [0.25, 0.3) is 8.32 Å². The fraction of sp³-hybridized carbons (Fsp3) is 0.357. The largest absolute Gasteiger partial charge is 0.401 e. The number of halogens is 1. The molecule has 0 bridgehead atoms. The van der Waals surface area contributed by atoms with Crippen LogP contribution in [-0.4, -0.2) is 44.8 Å². The predicted octanol–water partition coefficient (Wildman–Crippen LogP) is 8.27. The van der Waals surface area contributed by atoms with Gasteiger partial charge in [-0.3, -0.25) is 0 Å². The zero-order valence-electron chi connectivity index (χ0n) is 28.4. The molecule has 1 aromatic heterocycles. The second-order valence-corrected chi connectivity index (χ2v) is 18.8. The fourth-order valence-corrected chi connectivity index (χ4v) is 12.4. The molecule has 1 saturated carbocycles. The molecule has 4 nitrogen and oxygen atoms in total. The molecule has 0 spiro atoms. The molecule has 4 aromatic carbocycles. The van der Waals surface area contributed by atoms with Gasteiger partial charge in [-0.2, -0.15) is 0 Å². The molecule has 0 radical (unpaired) electrons. The van der Waals surface area contributed by atoms with Crippen molar-refractivity contribution in [3.8, 4) is 0 Å². The van der Waals surface area contributed by atoms with Crippen LogP contribution in [0.4, 0.5) is 10.2 Å². The summed E-state index contributed by atoms with van der Waals surface area (Å²) in [4.78, 5) is 7.33. The zero-order chi connectivity index (χ0) is 33.1. The smallest absolute Gasteiger partial charge is 0.261 e. The number of alkyl halides is 1. The molecule has 2 aliphatic rings. The number of ether oxygens (including phenoxy) is 1. The topological polar surface area (TPSA) is 34.6 Å². The lowest BCUT2D eigenvalue weighted by molar-refractivity contribution is -0.0200. The number of aryl methyl sites for hydroxylation is 1. The van der Waals surface area contributed by atoms with Gasteiger partial charge in [-0.15, -0.1) is 0 Å². The van der Waals surface area contributed by atoms with Crippen molar-refractivity contribution in [2.45, 2.75) is 76.5 Å². The number of nitrogens with zero attached hydrogens (tertiary/aromatic N) is 2. The summed E-state index contributed by atoms with van der Waals surface area (Å²) in [6, 6.07) is 42.1. The van der Waals surface area contributed by atoms with E-state index in [-0.39, 0.29) is 11.0 Å². The van der Waals surface area contributed by atoms with Crippen molar-refractivity contribution in [2.75, 3.05) is 18.0 Å². The van der Waals surface area contributed by atoms with Gasteiger partial charge in [-0.1, -0.05) is 124 Å². The molecule has 1 saturated heterocycles. The molecule has 0 unspecified atom stereocenters. The first-order chi connectivity index (χ1) is 23.3. The Labute approximate surface area is 286 Å². The van der Waals surface area contributed by atoms with E-state index in [1.807, 2.05) is 42.5 Å². The van der Waals surface area contributed by atoms with Gasteiger partial charge in [0.2, 0.25) is 0 Å². The molecule has 248 valence electrons. The molecule has 5 aromatic rings. The average Bonchev–Trinajstić information content (AvgIpc) is 3.38. The van der Waals surface area contributed by atoms with Gasteiger partial charge in [0.15, 0.2) is 6.17 Å². The van der Waals surface area contributed by atoms with Crippen LogP contribution in [0.2, 0.25) is 5.04 Å². The van der Waals surface area contributed by atoms with Crippen LogP contribution >= 0.6 is 0 Å². The second-order valence-electron chi connectivity index (χ2n) is 14.6. The van der Waals surface area contributed by atoms with Crippen molar-refractivity contribution in [2.24, 2.45) is 5.92 Å². The maximum absolute atomic E-state index is 17.0. The summed E-state index contributed by atoms with van der Waals surface area (Å²) in [6.07, 6.45) is 1.13. The number of benzene rings is 4. The third-order valence-electron chi connectivity index (χ3n) is 10.4. The molecule has 6 heteroatoms. The van der Waals surface area contributed by atoms with Gasteiger partial charge in [-0.05, 0) is 76.3 Å². The van der Waals surface area contributed by atoms with Gasteiger partial charge in [0.1, 0.15) is 5.82 Å². The summed E-state index contributed by atoms with van der Waals surface area (Å²) >= 11 is 0. The van der Waals surface area contributed by atoms with E-state index in [4.69, 9.17) is 14.1 Å². The number of anilines is 1. The van der Waals surface area contributed by atoms with Gasteiger partial charge in [0, 0.05) is 18.5 Å². The summed E-state index contributed by atoms with van der Waals surface area (Å²) in [5.74, 6) is 1.05. The Morgan fingerprint density at radius 3 is 2.02 bits per heavy atom. The maximum Gasteiger partial charge on any atom is 0.261 e. The highest BCUT2D eigenvalue weighted by molar-refractivity contribution is 6.99. The van der Waals surface area contributed by atoms with Crippen molar-refractivity contribution in [3.63, 3.8) is 0 Å². The number of pyridine rings is 1. The van der Waals surface area contributed by atoms with Gasteiger partial charge in [-0.25, -0.2) is 9.37 Å². The van der Waals surface area contributed by atoms with Crippen LogP contribution in [-0.2, 0) is 22.2 Å². The Kier molecular flexibility index (Phi) is 9.50. The molecular formula is C42H47FN2O2Si. The molecule has 7 rings (SSSR count). The van der Waals surface area contributed by atoms with E-state index >= 15 is 4.39 Å². The minimum Gasteiger partial charge on any atom is -0.401 e. The summed E-state index contributed by atoms with van der Waals surface area (Å²) in [5, 5.41) is 3.24. The lowest BCUT2D eigenvalue weighted by atomic mass is 9.96. The quantitative estimate of drug-likeness (QED) is 0.134. The molecule has 2 heterocycles. The van der Waals surface area contributed by atoms with Gasteiger partial charge in [0.05, 0.1) is 24.3 Å². The van der Waals surface area contributed by atoms with Crippen LogP contribution in [0.15, 0.2) is 121 Å². The van der Waals surface area contributed by atoms with E-state index in [9.17, 15) is 0 Å². The highest BCUT2D eigenvalue weighted by Crippen LogP contribution is 2.44. The van der Waals surface area contributed by atoms with Crippen LogP contribution < -0.4 is 15.3 Å². The minimum atomic E-state index is -2.98. The van der Waals surface area contributed by atoms with E-state index in [2.05, 4.69) is 105 Å². The summed E-state index contributed by atoms with van der Waals surface area (Å²) in [6.45, 7) is 9.32. The Morgan fingerprint density at radius 1 is 0.792 bits per heavy atom. The number of aromatic nitrogens is 1. The summed E-state index contributed by atoms with van der Waals surface area (Å²) < 4.78 is 30.9. The number of hydrogen-bond acceptors (Lipinski definition) is 4. The van der Waals surface area contributed by atoms with E-state index in [0.29, 0.717) is 13.0 Å². The van der Waals surface area contributed by atoms with Crippen LogP contribution in [0, 0.1) is 5.92 Å². The van der Waals surface area contributed by atoms with E-state index < -0.39 is 26.7 Å². The first-order valence-corrected chi connectivity index (χ1v) is 19.5. The standard InChI is InChI=1S/C42H47FN2O2Si/c1-42(2,3)48(35-16-9-5-10-17-35,36-18-11-6-12-19-36)47-41-34(29-38(40(41)43)46-30-32-14-7-4-8-15-32)23-21-31-20-22-33-24-25-39(44-37(33)28-31)45-26-13-27-45/h4-12,14-20,22,24-25,28,34,38,40-41H,13,21,23,26-27,29-30H2,1-3H3/t34-,38-,40+,41+/m0/s1. The van der Waals surface area contributed by atoms with Crippen LogP contribution in [0.3, 0.4) is 0 Å². The summed E-state index contributed by atoms with van der Waals surface area (Å²) in [7, 11) is -2.98. The van der Waals surface area contributed by atoms with Crippen molar-refractivity contribution in [1.29, 1.82) is 0 Å². The Balaban J connectivity index is 1.20. The first kappa shape index (κ1) is 32.7. The molecular weight excluding hydrogens is 612 g/mol. The van der Waals surface area contributed by atoms with Crippen LogP contribution in [0.1, 0.15) is 51.2 Å². The van der Waals surface area contributed by atoms with Crippen LogP contribution in [0.5, 0.6) is 0 Å². The molecule has 4 atom stereocenters. The minimum absolute atomic E-state index is 0.00139. The lowest BCUT2D eigenvalue weighted by Crippen LogP contribution is -2.68. The average molecular weight is 659 g/mol. The normalized spacial score (nSPS) is 21.4. The number of rotatable bonds is 11. The maximum atomic E-state index is 17.0. The van der Waals surface area contributed by atoms with Gasteiger partial charge >= 0.3 is 0 Å². The zero-order valence-corrected chi connectivity index (χ0v) is 29.4. The second kappa shape index (κ2) is 13.9. The fourth-order valence-electron chi connectivity index (χ4n) is 7.69. The third-order valence-corrected chi connectivity index (χ3v) is 15.5. The SMILES string of the molecule is CC(C)(C)[Si](O[C@@H]1[C@@H](CCc2ccc3ccc(N4CCC4)nc3c2)C[C@H](OCc2ccccc2)[C@H]1F)(c1ccccc1)c1ccccc1. The number of fused-ring (bicyclic) bond motifs is 1. The van der Waals surface area contributed by atoms with E-state index in [1.54, 1.807) is 0 Å². The predicted molar refractivity (Wildman–Crippen MR) is 197 cm³/mol. The lowest BCUT2D eigenvalue weighted by Gasteiger charge is -2.46. The highest BCUT2D eigenvalue weighted by Gasteiger charge is 2.56.